The van der Waals surface area contributed by atoms with Crippen LogP contribution in [0, 0.1) is 17.8 Å². The van der Waals surface area contributed by atoms with E-state index in [-0.39, 0.29) is 29.4 Å². The Morgan fingerprint density at radius 1 is 1.14 bits per heavy atom. The fourth-order valence-corrected chi connectivity index (χ4v) is 1.90. The molecule has 14 heavy (non-hydrogen) atoms. The summed E-state index contributed by atoms with van der Waals surface area (Å²) in [5, 5.41) is 0. The Morgan fingerprint density at radius 3 is 1.93 bits per heavy atom. The van der Waals surface area contributed by atoms with Crippen molar-refractivity contribution in [3.63, 3.8) is 0 Å². The van der Waals surface area contributed by atoms with E-state index in [2.05, 4.69) is 0 Å². The molecule has 0 aromatic carbocycles. The SMILES string of the molecule is CC(C)C(=O)[C@@H]1CC[C@@H]1C(=O)N(C)C. The molecule has 0 N–H and O–H groups in total. The normalized spacial score (nSPS) is 25.8. The zero-order chi connectivity index (χ0) is 10.9. The minimum absolute atomic E-state index is 0.00935. The highest BCUT2D eigenvalue weighted by atomic mass is 16.2. The van der Waals surface area contributed by atoms with Crippen LogP contribution in [-0.2, 0) is 9.59 Å². The average molecular weight is 197 g/mol. The summed E-state index contributed by atoms with van der Waals surface area (Å²) >= 11 is 0. The molecule has 80 valence electrons. The summed E-state index contributed by atoms with van der Waals surface area (Å²) in [5.41, 5.74) is 0. The number of carbonyl (C=O) groups excluding carboxylic acids is 2. The van der Waals surface area contributed by atoms with Crippen LogP contribution in [0.1, 0.15) is 26.7 Å². The highest BCUT2D eigenvalue weighted by molar-refractivity contribution is 5.91. The lowest BCUT2D eigenvalue weighted by Crippen LogP contribution is -2.44. The largest absolute Gasteiger partial charge is 0.349 e. The van der Waals surface area contributed by atoms with Crippen LogP contribution in [-0.4, -0.2) is 30.7 Å². The van der Waals surface area contributed by atoms with Gasteiger partial charge < -0.3 is 4.90 Å². The van der Waals surface area contributed by atoms with Crippen molar-refractivity contribution >= 4 is 11.7 Å². The number of ketones is 1. The highest BCUT2D eigenvalue weighted by Crippen LogP contribution is 2.37. The van der Waals surface area contributed by atoms with E-state index >= 15 is 0 Å². The number of amides is 1. The maximum Gasteiger partial charge on any atom is 0.225 e. The van der Waals surface area contributed by atoms with Crippen LogP contribution in [0.15, 0.2) is 0 Å². The summed E-state index contributed by atoms with van der Waals surface area (Å²) in [6.45, 7) is 3.80. The molecule has 0 spiro atoms. The predicted molar refractivity (Wildman–Crippen MR) is 54.8 cm³/mol. The van der Waals surface area contributed by atoms with E-state index in [4.69, 9.17) is 0 Å². The Morgan fingerprint density at radius 2 is 1.64 bits per heavy atom. The standard InChI is InChI=1S/C11H19NO2/c1-7(2)10(13)8-5-6-9(8)11(14)12(3)4/h7-9H,5-6H2,1-4H3/t8-,9+/m1/s1. The molecular weight excluding hydrogens is 178 g/mol. The molecule has 0 saturated heterocycles. The number of hydrogen-bond acceptors (Lipinski definition) is 2. The van der Waals surface area contributed by atoms with Crippen LogP contribution < -0.4 is 0 Å². The van der Waals surface area contributed by atoms with Gasteiger partial charge in [-0.1, -0.05) is 13.8 Å². The fraction of sp³-hybridized carbons (Fsp3) is 0.818. The van der Waals surface area contributed by atoms with E-state index in [9.17, 15) is 9.59 Å². The first-order valence-corrected chi connectivity index (χ1v) is 5.20. The maximum atomic E-state index is 11.7. The highest BCUT2D eigenvalue weighted by Gasteiger charge is 2.42. The summed E-state index contributed by atoms with van der Waals surface area (Å²) in [6.07, 6.45) is 1.77. The van der Waals surface area contributed by atoms with Crippen molar-refractivity contribution in [3.8, 4) is 0 Å². The van der Waals surface area contributed by atoms with Gasteiger partial charge >= 0.3 is 0 Å². The summed E-state index contributed by atoms with van der Waals surface area (Å²) in [4.78, 5) is 24.9. The van der Waals surface area contributed by atoms with Crippen molar-refractivity contribution in [3.05, 3.63) is 0 Å². The summed E-state index contributed by atoms with van der Waals surface area (Å²) in [7, 11) is 3.50. The minimum Gasteiger partial charge on any atom is -0.349 e. The second-order valence-corrected chi connectivity index (χ2v) is 4.58. The molecule has 1 saturated carbocycles. The third kappa shape index (κ3) is 1.97. The van der Waals surface area contributed by atoms with Gasteiger partial charge in [-0.25, -0.2) is 0 Å². The van der Waals surface area contributed by atoms with E-state index < -0.39 is 0 Å². The van der Waals surface area contributed by atoms with Crippen LogP contribution >= 0.6 is 0 Å². The molecule has 0 aliphatic heterocycles. The number of hydrogen-bond donors (Lipinski definition) is 0. The van der Waals surface area contributed by atoms with E-state index in [0.29, 0.717) is 0 Å². The van der Waals surface area contributed by atoms with Crippen molar-refractivity contribution in [1.29, 1.82) is 0 Å². The van der Waals surface area contributed by atoms with Crippen LogP contribution in [0.2, 0.25) is 0 Å². The number of Topliss-reactive ketones (excluding diaryl/α,β-unsaturated/α-hetero) is 1. The van der Waals surface area contributed by atoms with Gasteiger partial charge in [0.2, 0.25) is 5.91 Å². The van der Waals surface area contributed by atoms with Gasteiger partial charge in [-0.15, -0.1) is 0 Å². The number of nitrogens with zero attached hydrogens (tertiary/aromatic N) is 1. The quantitative estimate of drug-likeness (QED) is 0.684. The van der Waals surface area contributed by atoms with Gasteiger partial charge in [-0.2, -0.15) is 0 Å². The second kappa shape index (κ2) is 4.11. The lowest BCUT2D eigenvalue weighted by atomic mass is 9.68. The first-order chi connectivity index (χ1) is 6.45. The molecule has 0 aromatic heterocycles. The summed E-state index contributed by atoms with van der Waals surface area (Å²) in [5.74, 6) is 0.356. The Kier molecular flexibility index (Phi) is 3.29. The molecular formula is C11H19NO2. The van der Waals surface area contributed by atoms with E-state index in [1.54, 1.807) is 19.0 Å². The first-order valence-electron chi connectivity index (χ1n) is 5.20. The lowest BCUT2D eigenvalue weighted by Gasteiger charge is -2.36. The number of rotatable bonds is 3. The van der Waals surface area contributed by atoms with Crippen LogP contribution in [0.5, 0.6) is 0 Å². The molecule has 3 nitrogen and oxygen atoms in total. The first kappa shape index (κ1) is 11.2. The molecule has 2 atom stereocenters. The van der Waals surface area contributed by atoms with Gasteiger partial charge in [-0.3, -0.25) is 9.59 Å². The lowest BCUT2D eigenvalue weighted by molar-refractivity contribution is -0.145. The van der Waals surface area contributed by atoms with Gasteiger partial charge in [0, 0.05) is 31.8 Å². The Bertz CT molecular complexity index is 220. The monoisotopic (exact) mass is 197 g/mol. The van der Waals surface area contributed by atoms with Gasteiger partial charge in [-0.05, 0) is 12.8 Å². The molecule has 3 heteroatoms. The predicted octanol–water partition coefficient (Wildman–Crippen LogP) is 1.33. The molecule has 0 radical (unpaired) electrons. The molecule has 1 amide bonds. The smallest absolute Gasteiger partial charge is 0.225 e. The second-order valence-electron chi connectivity index (χ2n) is 4.58. The van der Waals surface area contributed by atoms with E-state index in [1.807, 2.05) is 13.8 Å². The Hall–Kier alpha value is -0.860. The van der Waals surface area contributed by atoms with Crippen LogP contribution in [0.25, 0.3) is 0 Å². The van der Waals surface area contributed by atoms with Gasteiger partial charge in [0.25, 0.3) is 0 Å². The van der Waals surface area contributed by atoms with Gasteiger partial charge in [0.05, 0.1) is 0 Å². The third-order valence-electron chi connectivity index (χ3n) is 2.97. The van der Waals surface area contributed by atoms with Gasteiger partial charge in [0.15, 0.2) is 0 Å². The molecule has 0 heterocycles. The van der Waals surface area contributed by atoms with Crippen LogP contribution in [0.4, 0.5) is 0 Å². The van der Waals surface area contributed by atoms with Crippen LogP contribution in [0.3, 0.4) is 0 Å². The van der Waals surface area contributed by atoms with Crippen molar-refractivity contribution in [2.24, 2.45) is 17.8 Å². The summed E-state index contributed by atoms with van der Waals surface area (Å²) < 4.78 is 0. The van der Waals surface area contributed by atoms with E-state index in [0.717, 1.165) is 12.8 Å². The molecule has 0 aromatic rings. The van der Waals surface area contributed by atoms with Crippen molar-refractivity contribution in [2.45, 2.75) is 26.7 Å². The van der Waals surface area contributed by atoms with E-state index in [1.165, 1.54) is 0 Å². The van der Waals surface area contributed by atoms with Crippen molar-refractivity contribution in [2.75, 3.05) is 14.1 Å². The average Bonchev–Trinajstić information content (AvgIpc) is 2.01. The topological polar surface area (TPSA) is 37.4 Å². The third-order valence-corrected chi connectivity index (χ3v) is 2.97. The number of carbonyl (C=O) groups is 2. The summed E-state index contributed by atoms with van der Waals surface area (Å²) in [6, 6.07) is 0. The zero-order valence-corrected chi connectivity index (χ0v) is 9.41. The van der Waals surface area contributed by atoms with Crippen molar-refractivity contribution < 1.29 is 9.59 Å². The zero-order valence-electron chi connectivity index (χ0n) is 9.41. The van der Waals surface area contributed by atoms with Gasteiger partial charge in [0.1, 0.15) is 5.78 Å². The molecule has 0 unspecified atom stereocenters. The molecule has 0 bridgehead atoms. The maximum absolute atomic E-state index is 11.7. The Labute approximate surface area is 85.5 Å². The minimum atomic E-state index is -0.0418. The molecule has 1 aliphatic rings. The Balaban J connectivity index is 2.59. The fourth-order valence-electron chi connectivity index (χ4n) is 1.90. The molecule has 1 fully saturated rings. The van der Waals surface area contributed by atoms with Crippen molar-refractivity contribution in [1.82, 2.24) is 4.90 Å². The molecule has 1 aliphatic carbocycles. The molecule has 1 rings (SSSR count).